The minimum absolute atomic E-state index is 0.202. The zero-order valence-electron chi connectivity index (χ0n) is 22.4. The predicted octanol–water partition coefficient (Wildman–Crippen LogP) is 7.22. The Labute approximate surface area is 237 Å². The smallest absolute Gasteiger partial charge is 0.263 e. The number of nitrogens with zero attached hydrogens (tertiary/aromatic N) is 3. The molecule has 0 fully saturated rings. The first-order chi connectivity index (χ1) is 19.0. The second-order valence-corrected chi connectivity index (χ2v) is 12.2. The number of rotatable bonds is 6. The van der Waals surface area contributed by atoms with Crippen LogP contribution >= 0.6 is 23.1 Å². The summed E-state index contributed by atoms with van der Waals surface area (Å²) in [5.74, 6) is 0.211. The van der Waals surface area contributed by atoms with E-state index in [2.05, 4.69) is 95.2 Å². The predicted molar refractivity (Wildman–Crippen MR) is 162 cm³/mol. The molecular weight excluding hydrogens is 523 g/mol. The Morgan fingerprint density at radius 3 is 2.77 bits per heavy atom. The van der Waals surface area contributed by atoms with Gasteiger partial charge in [0.05, 0.1) is 16.1 Å². The molecule has 7 heteroatoms. The lowest BCUT2D eigenvalue weighted by molar-refractivity contribution is -0.664. The van der Waals surface area contributed by atoms with Gasteiger partial charge in [0.25, 0.3) is 5.01 Å². The van der Waals surface area contributed by atoms with Crippen LogP contribution in [0, 0.1) is 5.92 Å². The summed E-state index contributed by atoms with van der Waals surface area (Å²) in [5.41, 5.74) is 5.07. The first-order valence-corrected chi connectivity index (χ1v) is 15.0. The molecule has 0 radical (unpaired) electrons. The highest BCUT2D eigenvalue weighted by Crippen LogP contribution is 2.46. The van der Waals surface area contributed by atoms with E-state index in [1.165, 1.54) is 49.0 Å². The number of anilines is 1. The van der Waals surface area contributed by atoms with Crippen LogP contribution in [0.2, 0.25) is 0 Å². The third-order valence-electron chi connectivity index (χ3n) is 7.10. The van der Waals surface area contributed by atoms with Gasteiger partial charge in [-0.15, -0.1) is 5.16 Å². The van der Waals surface area contributed by atoms with Crippen LogP contribution in [-0.4, -0.2) is 12.6 Å². The number of para-hydroxylation sites is 1. The zero-order valence-corrected chi connectivity index (χ0v) is 24.0. The standard InChI is InChI=1S/C32H31N3O2S2/c1-4-34-30(39-29-14-13-25-9-5-6-10-26(25)32(29)34)18-23-15-21(2)16-24(17-23)19-31-35(20-37-33-22(3)36)27-11-7-8-12-28(27)38-31/h5-14,17-19,21H,4,15-16,20H2,1-3H3. The monoisotopic (exact) mass is 553 g/mol. The summed E-state index contributed by atoms with van der Waals surface area (Å²) in [6, 6.07) is 21.4. The average molecular weight is 554 g/mol. The van der Waals surface area contributed by atoms with Crippen LogP contribution in [0.1, 0.15) is 38.6 Å². The first-order valence-electron chi connectivity index (χ1n) is 13.3. The summed E-state index contributed by atoms with van der Waals surface area (Å²) in [5, 5.41) is 19.9. The minimum Gasteiger partial charge on any atom is -0.860 e. The summed E-state index contributed by atoms with van der Waals surface area (Å²) < 4.78 is 3.78. The van der Waals surface area contributed by atoms with Crippen LogP contribution in [0.25, 0.3) is 27.1 Å². The summed E-state index contributed by atoms with van der Waals surface area (Å²) in [7, 11) is 0. The molecule has 2 heterocycles. The maximum atomic E-state index is 11.3. The van der Waals surface area contributed by atoms with Crippen molar-refractivity contribution < 1.29 is 14.5 Å². The largest absolute Gasteiger partial charge is 0.860 e. The maximum absolute atomic E-state index is 11.3. The fourth-order valence-electron chi connectivity index (χ4n) is 5.52. The van der Waals surface area contributed by atoms with Crippen LogP contribution in [0.5, 0.6) is 0 Å². The van der Waals surface area contributed by atoms with Gasteiger partial charge in [0.15, 0.2) is 6.73 Å². The SMILES string of the molecule is CC[n+]1c(/C=C2C=C(/C=C3\Sc4ccccc4N3CON=C(C)[O-])CC(C)C/2)sc2ccc3ccccc3c21. The number of thiazole rings is 1. The summed E-state index contributed by atoms with van der Waals surface area (Å²) in [6.45, 7) is 7.09. The van der Waals surface area contributed by atoms with Crippen LogP contribution < -0.4 is 14.6 Å². The lowest BCUT2D eigenvalue weighted by Crippen LogP contribution is -2.33. The van der Waals surface area contributed by atoms with Gasteiger partial charge in [-0.3, -0.25) is 4.90 Å². The van der Waals surface area contributed by atoms with Crippen molar-refractivity contribution in [3.05, 3.63) is 94.0 Å². The molecule has 1 aliphatic heterocycles. The molecule has 39 heavy (non-hydrogen) atoms. The summed E-state index contributed by atoms with van der Waals surface area (Å²) in [4.78, 5) is 8.65. The van der Waals surface area contributed by atoms with Gasteiger partial charge >= 0.3 is 0 Å². The molecule has 0 spiro atoms. The fourth-order valence-corrected chi connectivity index (χ4v) is 7.86. The van der Waals surface area contributed by atoms with Crippen molar-refractivity contribution in [2.45, 2.75) is 45.1 Å². The summed E-state index contributed by atoms with van der Waals surface area (Å²) >= 11 is 3.60. The molecule has 1 unspecified atom stereocenters. The van der Waals surface area contributed by atoms with E-state index in [4.69, 9.17) is 4.84 Å². The van der Waals surface area contributed by atoms with E-state index in [0.29, 0.717) is 5.92 Å². The van der Waals surface area contributed by atoms with Gasteiger partial charge < -0.3 is 9.94 Å². The number of aryl methyl sites for hydroxylation is 1. The number of benzene rings is 3. The fraction of sp³-hybridized carbons (Fsp3) is 0.250. The van der Waals surface area contributed by atoms with Crippen LogP contribution in [-0.2, 0) is 11.4 Å². The van der Waals surface area contributed by atoms with Gasteiger partial charge in [0.2, 0.25) is 5.52 Å². The molecule has 2 aliphatic rings. The van der Waals surface area contributed by atoms with Crippen LogP contribution in [0.15, 0.2) is 99.0 Å². The Balaban J connectivity index is 1.37. The lowest BCUT2D eigenvalue weighted by atomic mass is 9.87. The van der Waals surface area contributed by atoms with Crippen LogP contribution in [0.4, 0.5) is 5.69 Å². The van der Waals surface area contributed by atoms with Crippen molar-refractivity contribution in [1.29, 1.82) is 0 Å². The maximum Gasteiger partial charge on any atom is 0.263 e. The molecule has 0 amide bonds. The number of fused-ring (bicyclic) bond motifs is 4. The Kier molecular flexibility index (Phi) is 7.19. The van der Waals surface area contributed by atoms with Gasteiger partial charge in [-0.2, -0.15) is 4.57 Å². The van der Waals surface area contributed by atoms with Gasteiger partial charge in [-0.05, 0) is 79.5 Å². The number of oxime groups is 1. The molecule has 0 bridgehead atoms. The van der Waals surface area contributed by atoms with E-state index < -0.39 is 0 Å². The normalized spacial score (nSPS) is 19.8. The molecule has 3 aromatic carbocycles. The van der Waals surface area contributed by atoms with E-state index in [1.807, 2.05) is 23.5 Å². The Bertz CT molecular complexity index is 1680. The van der Waals surface area contributed by atoms with E-state index in [-0.39, 0.29) is 12.6 Å². The second kappa shape index (κ2) is 10.9. The molecule has 0 saturated carbocycles. The highest BCUT2D eigenvalue weighted by Gasteiger charge is 2.27. The van der Waals surface area contributed by atoms with Crippen molar-refractivity contribution in [2.75, 3.05) is 11.6 Å². The van der Waals surface area contributed by atoms with E-state index >= 15 is 0 Å². The molecule has 6 rings (SSSR count). The van der Waals surface area contributed by atoms with Crippen molar-refractivity contribution in [2.24, 2.45) is 11.1 Å². The zero-order chi connectivity index (χ0) is 26.9. The van der Waals surface area contributed by atoms with E-state index in [0.717, 1.165) is 30.1 Å². The number of hydrogen-bond donors (Lipinski definition) is 0. The van der Waals surface area contributed by atoms with Crippen LogP contribution in [0.3, 0.4) is 0 Å². The molecule has 1 aliphatic carbocycles. The molecule has 0 saturated heterocycles. The average Bonchev–Trinajstić information content (AvgIpc) is 3.45. The van der Waals surface area contributed by atoms with Crippen molar-refractivity contribution in [3.63, 3.8) is 0 Å². The lowest BCUT2D eigenvalue weighted by Gasteiger charge is -2.22. The van der Waals surface area contributed by atoms with Crippen molar-refractivity contribution in [3.8, 4) is 0 Å². The Hall–Kier alpha value is -3.55. The van der Waals surface area contributed by atoms with E-state index in [1.54, 1.807) is 11.8 Å². The van der Waals surface area contributed by atoms with Gasteiger partial charge in [0.1, 0.15) is 11.2 Å². The number of aromatic nitrogens is 1. The topological polar surface area (TPSA) is 51.8 Å². The highest BCUT2D eigenvalue weighted by atomic mass is 32.2. The molecule has 4 aromatic rings. The number of hydrogen-bond acceptors (Lipinski definition) is 6. The van der Waals surface area contributed by atoms with Gasteiger partial charge in [-0.1, -0.05) is 72.5 Å². The molecule has 1 atom stereocenters. The van der Waals surface area contributed by atoms with Gasteiger partial charge in [-0.25, -0.2) is 0 Å². The molecular formula is C32H31N3O2S2. The highest BCUT2D eigenvalue weighted by molar-refractivity contribution is 8.03. The van der Waals surface area contributed by atoms with Crippen molar-refractivity contribution >= 4 is 61.7 Å². The number of allylic oxidation sites excluding steroid dienone is 4. The van der Waals surface area contributed by atoms with Gasteiger partial charge in [0, 0.05) is 16.9 Å². The Morgan fingerprint density at radius 2 is 1.92 bits per heavy atom. The summed E-state index contributed by atoms with van der Waals surface area (Å²) in [6.07, 6.45) is 9.11. The Morgan fingerprint density at radius 1 is 1.10 bits per heavy atom. The first kappa shape index (κ1) is 25.7. The van der Waals surface area contributed by atoms with E-state index in [9.17, 15) is 5.11 Å². The quantitative estimate of drug-likeness (QED) is 0.109. The third kappa shape index (κ3) is 5.21. The molecule has 198 valence electrons. The molecule has 5 nitrogen and oxygen atoms in total. The second-order valence-electron chi connectivity index (χ2n) is 10.1. The third-order valence-corrected chi connectivity index (χ3v) is 9.31. The number of thioether (sulfide) groups is 1. The minimum atomic E-state index is -0.335. The van der Waals surface area contributed by atoms with Crippen molar-refractivity contribution in [1.82, 2.24) is 0 Å². The molecule has 0 N–H and O–H groups in total. The molecule has 1 aromatic heterocycles.